The average Bonchev–Trinajstić information content (AvgIpc) is 2.53. The molecule has 20 heavy (non-hydrogen) atoms. The Kier molecular flexibility index (Phi) is 4.96. The number of pyridine rings is 1. The lowest BCUT2D eigenvalue weighted by Crippen LogP contribution is -2.26. The van der Waals surface area contributed by atoms with E-state index in [1.165, 1.54) is 0 Å². The third-order valence-electron chi connectivity index (χ3n) is 2.83. The molecule has 5 heteroatoms. The fourth-order valence-corrected chi connectivity index (χ4v) is 1.93. The van der Waals surface area contributed by atoms with Crippen molar-refractivity contribution in [2.75, 3.05) is 7.11 Å². The van der Waals surface area contributed by atoms with Crippen LogP contribution in [0.25, 0.3) is 0 Å². The number of hydrogen-bond donors (Lipinski definition) is 1. The van der Waals surface area contributed by atoms with E-state index in [1.807, 2.05) is 12.1 Å². The van der Waals surface area contributed by atoms with Crippen LogP contribution in [0.3, 0.4) is 0 Å². The second-order valence-electron chi connectivity index (χ2n) is 4.21. The molecule has 0 aliphatic rings. The van der Waals surface area contributed by atoms with Crippen molar-refractivity contribution < 1.29 is 9.53 Å². The van der Waals surface area contributed by atoms with Crippen LogP contribution in [-0.2, 0) is 11.3 Å². The molecule has 2 rings (SSSR count). The number of hydrogen-bond acceptors (Lipinski definition) is 3. The molecule has 0 spiro atoms. The van der Waals surface area contributed by atoms with E-state index in [0.29, 0.717) is 6.54 Å². The van der Waals surface area contributed by atoms with Crippen molar-refractivity contribution in [3.63, 3.8) is 0 Å². The number of carbonyl (C=O) groups excluding carboxylic acids is 1. The average molecular weight is 291 g/mol. The first-order valence-electron chi connectivity index (χ1n) is 6.15. The van der Waals surface area contributed by atoms with Gasteiger partial charge in [-0.2, -0.15) is 0 Å². The van der Waals surface area contributed by atoms with Crippen LogP contribution in [-0.4, -0.2) is 18.0 Å². The van der Waals surface area contributed by atoms with Gasteiger partial charge in [0.2, 0.25) is 5.91 Å². The Morgan fingerprint density at radius 2 is 2.10 bits per heavy atom. The minimum absolute atomic E-state index is 0.235. The Morgan fingerprint density at radius 3 is 2.70 bits per heavy atom. The van der Waals surface area contributed by atoms with Gasteiger partial charge in [-0.05, 0) is 29.3 Å². The molecule has 4 nitrogen and oxygen atoms in total. The Hall–Kier alpha value is -2.07. The predicted molar refractivity (Wildman–Crippen MR) is 77.7 cm³/mol. The summed E-state index contributed by atoms with van der Waals surface area (Å²) in [7, 11) is 1.59. The van der Waals surface area contributed by atoms with Crippen LogP contribution in [0, 0.1) is 0 Å². The molecule has 1 amide bonds. The summed E-state index contributed by atoms with van der Waals surface area (Å²) in [6.07, 6.45) is 3.39. The number of aromatic nitrogens is 1. The Bertz CT molecular complexity index is 558. The third kappa shape index (κ3) is 3.71. The molecule has 1 aromatic heterocycles. The minimum atomic E-state index is -0.724. The molecule has 1 unspecified atom stereocenters. The van der Waals surface area contributed by atoms with Crippen LogP contribution in [0.15, 0.2) is 48.8 Å². The zero-order chi connectivity index (χ0) is 14.4. The largest absolute Gasteiger partial charge is 0.497 e. The number of ether oxygens (including phenoxy) is 1. The number of nitrogens with one attached hydrogen (secondary N) is 1. The molecule has 0 bridgehead atoms. The molecule has 0 saturated carbocycles. The predicted octanol–water partition coefficient (Wildman–Crippen LogP) is 2.69. The Morgan fingerprint density at radius 1 is 1.35 bits per heavy atom. The van der Waals surface area contributed by atoms with E-state index >= 15 is 0 Å². The Labute approximate surface area is 122 Å². The standard InChI is InChI=1S/C15H15ClN2O2/c1-20-13-6-4-12(5-7-13)14(16)15(19)18-10-11-3-2-8-17-9-11/h2-9,14H,10H2,1H3,(H,18,19). The maximum absolute atomic E-state index is 12.0. The van der Waals surface area contributed by atoms with Gasteiger partial charge in [0.25, 0.3) is 0 Å². The zero-order valence-electron chi connectivity index (χ0n) is 11.0. The van der Waals surface area contributed by atoms with Gasteiger partial charge in [-0.15, -0.1) is 11.6 Å². The van der Waals surface area contributed by atoms with Crippen molar-refractivity contribution in [2.45, 2.75) is 11.9 Å². The molecule has 0 aliphatic carbocycles. The maximum Gasteiger partial charge on any atom is 0.242 e. The molecule has 1 heterocycles. The van der Waals surface area contributed by atoms with Gasteiger partial charge in [-0.1, -0.05) is 18.2 Å². The van der Waals surface area contributed by atoms with Gasteiger partial charge in [0.05, 0.1) is 7.11 Å². The van der Waals surface area contributed by atoms with Crippen molar-refractivity contribution in [3.8, 4) is 5.75 Å². The van der Waals surface area contributed by atoms with Gasteiger partial charge in [0.1, 0.15) is 11.1 Å². The van der Waals surface area contributed by atoms with Gasteiger partial charge in [0.15, 0.2) is 0 Å². The van der Waals surface area contributed by atoms with E-state index in [9.17, 15) is 4.79 Å². The highest BCUT2D eigenvalue weighted by Gasteiger charge is 2.17. The lowest BCUT2D eigenvalue weighted by atomic mass is 10.1. The summed E-state index contributed by atoms with van der Waals surface area (Å²) in [6, 6.07) is 10.8. The second kappa shape index (κ2) is 6.91. The number of halogens is 1. The molecule has 2 aromatic rings. The zero-order valence-corrected chi connectivity index (χ0v) is 11.8. The quantitative estimate of drug-likeness (QED) is 0.862. The summed E-state index contributed by atoms with van der Waals surface area (Å²) in [6.45, 7) is 0.409. The molecule has 1 atom stereocenters. The van der Waals surface area contributed by atoms with Crippen molar-refractivity contribution in [3.05, 3.63) is 59.9 Å². The highest BCUT2D eigenvalue weighted by molar-refractivity contribution is 6.30. The number of amides is 1. The number of carbonyl (C=O) groups is 1. The fourth-order valence-electron chi connectivity index (χ4n) is 1.71. The maximum atomic E-state index is 12.0. The summed E-state index contributed by atoms with van der Waals surface area (Å²) in [4.78, 5) is 16.0. The topological polar surface area (TPSA) is 51.2 Å². The van der Waals surface area contributed by atoms with Crippen molar-refractivity contribution >= 4 is 17.5 Å². The van der Waals surface area contributed by atoms with E-state index in [-0.39, 0.29) is 5.91 Å². The van der Waals surface area contributed by atoms with E-state index in [4.69, 9.17) is 16.3 Å². The van der Waals surface area contributed by atoms with Crippen LogP contribution < -0.4 is 10.1 Å². The van der Waals surface area contributed by atoms with Crippen LogP contribution in [0.4, 0.5) is 0 Å². The Balaban J connectivity index is 1.94. The first-order chi connectivity index (χ1) is 9.70. The van der Waals surface area contributed by atoms with Gasteiger partial charge in [-0.3, -0.25) is 9.78 Å². The first-order valence-corrected chi connectivity index (χ1v) is 6.59. The van der Waals surface area contributed by atoms with E-state index < -0.39 is 5.38 Å². The molecule has 0 fully saturated rings. The highest BCUT2D eigenvalue weighted by Crippen LogP contribution is 2.23. The monoisotopic (exact) mass is 290 g/mol. The smallest absolute Gasteiger partial charge is 0.242 e. The van der Waals surface area contributed by atoms with Gasteiger partial charge >= 0.3 is 0 Å². The molecule has 0 radical (unpaired) electrons. The highest BCUT2D eigenvalue weighted by atomic mass is 35.5. The summed E-state index contributed by atoms with van der Waals surface area (Å²) in [5.74, 6) is 0.495. The molecule has 1 aromatic carbocycles. The third-order valence-corrected chi connectivity index (χ3v) is 3.28. The summed E-state index contributed by atoms with van der Waals surface area (Å²) in [5, 5.41) is 2.06. The van der Waals surface area contributed by atoms with Gasteiger partial charge in [-0.25, -0.2) is 0 Å². The normalized spacial score (nSPS) is 11.7. The van der Waals surface area contributed by atoms with Gasteiger partial charge < -0.3 is 10.1 Å². The number of benzene rings is 1. The van der Waals surface area contributed by atoms with Crippen LogP contribution in [0.1, 0.15) is 16.5 Å². The second-order valence-corrected chi connectivity index (χ2v) is 4.65. The number of methoxy groups -OCH3 is 1. The van der Waals surface area contributed by atoms with Gasteiger partial charge in [0, 0.05) is 18.9 Å². The fraction of sp³-hybridized carbons (Fsp3) is 0.200. The summed E-state index contributed by atoms with van der Waals surface area (Å²) >= 11 is 6.15. The SMILES string of the molecule is COc1ccc(C(Cl)C(=O)NCc2cccnc2)cc1. The number of alkyl halides is 1. The molecule has 0 aliphatic heterocycles. The van der Waals surface area contributed by atoms with Crippen LogP contribution in [0.5, 0.6) is 5.75 Å². The summed E-state index contributed by atoms with van der Waals surface area (Å²) < 4.78 is 5.06. The minimum Gasteiger partial charge on any atom is -0.497 e. The van der Waals surface area contributed by atoms with E-state index in [1.54, 1.807) is 43.8 Å². The lowest BCUT2D eigenvalue weighted by Gasteiger charge is -2.11. The molecule has 1 N–H and O–H groups in total. The molecule has 104 valence electrons. The summed E-state index contributed by atoms with van der Waals surface area (Å²) in [5.41, 5.74) is 1.66. The molecule has 0 saturated heterocycles. The van der Waals surface area contributed by atoms with Crippen LogP contribution >= 0.6 is 11.6 Å². The van der Waals surface area contributed by atoms with Crippen molar-refractivity contribution in [1.29, 1.82) is 0 Å². The molecular formula is C15H15ClN2O2. The van der Waals surface area contributed by atoms with E-state index in [2.05, 4.69) is 10.3 Å². The number of nitrogens with zero attached hydrogens (tertiary/aromatic N) is 1. The van der Waals surface area contributed by atoms with Crippen molar-refractivity contribution in [1.82, 2.24) is 10.3 Å². The van der Waals surface area contributed by atoms with Crippen LogP contribution in [0.2, 0.25) is 0 Å². The van der Waals surface area contributed by atoms with E-state index in [0.717, 1.165) is 16.9 Å². The van der Waals surface area contributed by atoms with Crippen molar-refractivity contribution in [2.24, 2.45) is 0 Å². The molecular weight excluding hydrogens is 276 g/mol. The lowest BCUT2D eigenvalue weighted by molar-refractivity contribution is -0.121. The number of rotatable bonds is 5. The first kappa shape index (κ1) is 14.3.